The first-order valence-electron chi connectivity index (χ1n) is 8.15. The van der Waals surface area contributed by atoms with Crippen LogP contribution in [0.15, 0.2) is 57.9 Å². The van der Waals surface area contributed by atoms with Gasteiger partial charge in [0.05, 0.1) is 6.10 Å². The van der Waals surface area contributed by atoms with Crippen molar-refractivity contribution < 1.29 is 13.2 Å². The molecule has 1 aliphatic rings. The molecular weight excluding hydrogens is 404 g/mol. The summed E-state index contributed by atoms with van der Waals surface area (Å²) in [5, 5.41) is 0. The summed E-state index contributed by atoms with van der Waals surface area (Å²) in [5.74, 6) is 0. The van der Waals surface area contributed by atoms with Crippen LogP contribution < -0.4 is 9.62 Å². The van der Waals surface area contributed by atoms with Gasteiger partial charge >= 0.3 is 0 Å². The molecule has 5 nitrogen and oxygen atoms in total. The van der Waals surface area contributed by atoms with Crippen molar-refractivity contribution in [2.24, 2.45) is 0 Å². The summed E-state index contributed by atoms with van der Waals surface area (Å²) in [4.78, 5) is 2.49. The van der Waals surface area contributed by atoms with Gasteiger partial charge in [0.25, 0.3) is 10.0 Å². The lowest BCUT2D eigenvalue weighted by atomic mass is 10.1. The summed E-state index contributed by atoms with van der Waals surface area (Å²) in [6.45, 7) is 1.85. The van der Waals surface area contributed by atoms with Crippen molar-refractivity contribution in [1.29, 1.82) is 0 Å². The predicted molar refractivity (Wildman–Crippen MR) is 104 cm³/mol. The standard InChI is InChI=1S/C18H21BrN2O3S/c1-24-16-5-4-12-21(13-16)15-10-8-14(9-11-15)20-25(22,23)18-7-3-2-6-17(18)19/h2-3,6-11,16,20H,4-5,12-13H2,1H3. The van der Waals surface area contributed by atoms with Crippen LogP contribution >= 0.6 is 15.9 Å². The van der Waals surface area contributed by atoms with Gasteiger partial charge in [-0.3, -0.25) is 4.72 Å². The van der Waals surface area contributed by atoms with Crippen molar-refractivity contribution in [3.63, 3.8) is 0 Å². The molecule has 0 aliphatic carbocycles. The third-order valence-corrected chi connectivity index (χ3v) is 6.72. The van der Waals surface area contributed by atoms with Crippen molar-refractivity contribution in [2.45, 2.75) is 23.8 Å². The molecule has 1 atom stereocenters. The average Bonchev–Trinajstić information content (AvgIpc) is 2.62. The van der Waals surface area contributed by atoms with Crippen LogP contribution in [0.3, 0.4) is 0 Å². The molecule has 0 bridgehead atoms. The highest BCUT2D eigenvalue weighted by molar-refractivity contribution is 9.10. The number of nitrogens with one attached hydrogen (secondary N) is 1. The number of halogens is 1. The quantitative estimate of drug-likeness (QED) is 0.791. The van der Waals surface area contributed by atoms with Crippen LogP contribution in [0, 0.1) is 0 Å². The summed E-state index contributed by atoms with van der Waals surface area (Å²) < 4.78 is 33.7. The van der Waals surface area contributed by atoms with E-state index in [1.807, 2.05) is 12.1 Å². The molecule has 134 valence electrons. The molecule has 1 unspecified atom stereocenters. The fourth-order valence-electron chi connectivity index (χ4n) is 2.98. The lowest BCUT2D eigenvalue weighted by molar-refractivity contribution is 0.0893. The number of nitrogens with zero attached hydrogens (tertiary/aromatic N) is 1. The van der Waals surface area contributed by atoms with E-state index in [1.165, 1.54) is 0 Å². The molecule has 1 aliphatic heterocycles. The summed E-state index contributed by atoms with van der Waals surface area (Å²) >= 11 is 3.28. The molecule has 0 spiro atoms. The summed E-state index contributed by atoms with van der Waals surface area (Å²) in [6, 6.07) is 14.2. The molecule has 7 heteroatoms. The van der Waals surface area contributed by atoms with Crippen LogP contribution in [0.25, 0.3) is 0 Å². The zero-order valence-electron chi connectivity index (χ0n) is 14.0. The van der Waals surface area contributed by atoms with Crippen molar-refractivity contribution >= 4 is 37.3 Å². The zero-order valence-corrected chi connectivity index (χ0v) is 16.4. The Kier molecular flexibility index (Phi) is 5.66. The first-order chi connectivity index (χ1) is 12.0. The number of hydrogen-bond donors (Lipinski definition) is 1. The first kappa shape index (κ1) is 18.2. The minimum atomic E-state index is -3.62. The summed E-state index contributed by atoms with van der Waals surface area (Å²) in [5.41, 5.74) is 1.62. The van der Waals surface area contributed by atoms with Gasteiger partial charge in [-0.25, -0.2) is 8.42 Å². The molecule has 25 heavy (non-hydrogen) atoms. The molecule has 0 saturated carbocycles. The van der Waals surface area contributed by atoms with Gasteiger partial charge in [0.1, 0.15) is 4.90 Å². The first-order valence-corrected chi connectivity index (χ1v) is 10.4. The fourth-order valence-corrected chi connectivity index (χ4v) is 5.04. The highest BCUT2D eigenvalue weighted by Crippen LogP contribution is 2.26. The Morgan fingerprint density at radius 3 is 2.56 bits per heavy atom. The van der Waals surface area contributed by atoms with Gasteiger partial charge in [-0.15, -0.1) is 0 Å². The number of rotatable bonds is 5. The number of methoxy groups -OCH3 is 1. The van der Waals surface area contributed by atoms with Gasteiger partial charge in [-0.2, -0.15) is 0 Å². The molecule has 3 rings (SSSR count). The molecule has 1 heterocycles. The van der Waals surface area contributed by atoms with E-state index in [0.717, 1.165) is 31.6 Å². The molecule has 2 aromatic rings. The highest BCUT2D eigenvalue weighted by Gasteiger charge is 2.20. The van der Waals surface area contributed by atoms with Crippen molar-refractivity contribution in [2.75, 3.05) is 29.8 Å². The maximum Gasteiger partial charge on any atom is 0.263 e. The minimum Gasteiger partial charge on any atom is -0.380 e. The molecule has 1 fully saturated rings. The molecule has 1 saturated heterocycles. The maximum atomic E-state index is 12.5. The number of ether oxygens (including phenoxy) is 1. The number of hydrogen-bond acceptors (Lipinski definition) is 4. The Bertz CT molecular complexity index is 824. The van der Waals surface area contributed by atoms with Crippen molar-refractivity contribution in [3.8, 4) is 0 Å². The predicted octanol–water partition coefficient (Wildman–Crippen LogP) is 3.87. The second kappa shape index (κ2) is 7.76. The Morgan fingerprint density at radius 1 is 1.16 bits per heavy atom. The maximum absolute atomic E-state index is 12.5. The topological polar surface area (TPSA) is 58.6 Å². The lowest BCUT2D eigenvalue weighted by Crippen LogP contribution is -2.39. The van der Waals surface area contributed by atoms with E-state index in [4.69, 9.17) is 4.74 Å². The normalized spacial score (nSPS) is 18.2. The Morgan fingerprint density at radius 2 is 1.88 bits per heavy atom. The van der Waals surface area contributed by atoms with E-state index in [9.17, 15) is 8.42 Å². The lowest BCUT2D eigenvalue weighted by Gasteiger charge is -2.33. The van der Waals surface area contributed by atoms with Crippen LogP contribution in [-0.4, -0.2) is 34.7 Å². The molecule has 1 N–H and O–H groups in total. The number of benzene rings is 2. The number of anilines is 2. The molecule has 0 amide bonds. The highest BCUT2D eigenvalue weighted by atomic mass is 79.9. The van der Waals surface area contributed by atoms with E-state index >= 15 is 0 Å². The van der Waals surface area contributed by atoms with Gasteiger partial charge in [-0.1, -0.05) is 12.1 Å². The number of piperidine rings is 1. The molecule has 0 radical (unpaired) electrons. The van der Waals surface area contributed by atoms with Gasteiger partial charge in [0, 0.05) is 36.0 Å². The average molecular weight is 425 g/mol. The van der Waals surface area contributed by atoms with Gasteiger partial charge in [0.2, 0.25) is 0 Å². The van der Waals surface area contributed by atoms with E-state index in [0.29, 0.717) is 10.2 Å². The SMILES string of the molecule is COC1CCCN(c2ccc(NS(=O)(=O)c3ccccc3Br)cc2)C1. The van der Waals surface area contributed by atoms with E-state index < -0.39 is 10.0 Å². The van der Waals surface area contributed by atoms with Crippen LogP contribution in [0.1, 0.15) is 12.8 Å². The van der Waals surface area contributed by atoms with Gasteiger partial charge in [-0.05, 0) is 65.2 Å². The molecular formula is C18H21BrN2O3S. The van der Waals surface area contributed by atoms with Crippen molar-refractivity contribution in [1.82, 2.24) is 0 Å². The van der Waals surface area contributed by atoms with E-state index in [1.54, 1.807) is 43.5 Å². The van der Waals surface area contributed by atoms with E-state index in [2.05, 4.69) is 25.6 Å². The van der Waals surface area contributed by atoms with Crippen LogP contribution in [-0.2, 0) is 14.8 Å². The fraction of sp³-hybridized carbons (Fsp3) is 0.333. The monoisotopic (exact) mass is 424 g/mol. The zero-order chi connectivity index (χ0) is 17.9. The second-order valence-electron chi connectivity index (χ2n) is 6.03. The van der Waals surface area contributed by atoms with Crippen LogP contribution in [0.4, 0.5) is 11.4 Å². The number of sulfonamides is 1. The Labute approximate surface area is 157 Å². The minimum absolute atomic E-state index is 0.220. The smallest absolute Gasteiger partial charge is 0.263 e. The van der Waals surface area contributed by atoms with Crippen LogP contribution in [0.2, 0.25) is 0 Å². The summed E-state index contributed by atoms with van der Waals surface area (Å²) in [7, 11) is -1.88. The van der Waals surface area contributed by atoms with E-state index in [-0.39, 0.29) is 11.0 Å². The Hall–Kier alpha value is -1.57. The third-order valence-electron chi connectivity index (χ3n) is 4.32. The van der Waals surface area contributed by atoms with Crippen molar-refractivity contribution in [3.05, 3.63) is 53.0 Å². The Balaban J connectivity index is 1.74. The molecule has 0 aromatic heterocycles. The second-order valence-corrected chi connectivity index (χ2v) is 8.53. The van der Waals surface area contributed by atoms with Gasteiger partial charge in [0.15, 0.2) is 0 Å². The van der Waals surface area contributed by atoms with Crippen LogP contribution in [0.5, 0.6) is 0 Å². The largest absolute Gasteiger partial charge is 0.380 e. The summed E-state index contributed by atoms with van der Waals surface area (Å²) in [6.07, 6.45) is 2.42. The third kappa shape index (κ3) is 4.34. The van der Waals surface area contributed by atoms with Gasteiger partial charge < -0.3 is 9.64 Å². The molecule has 2 aromatic carbocycles.